The Morgan fingerprint density at radius 1 is 0.548 bits per heavy atom. The molecular formula is C37H28N3S2+. The third-order valence-corrected chi connectivity index (χ3v) is 9.42. The molecule has 7 rings (SSSR count). The Kier molecular flexibility index (Phi) is 7.18. The van der Waals surface area contributed by atoms with Crippen LogP contribution in [-0.4, -0.2) is 4.98 Å². The van der Waals surface area contributed by atoms with E-state index < -0.39 is 0 Å². The van der Waals surface area contributed by atoms with Gasteiger partial charge in [-0.2, -0.15) is 4.57 Å². The van der Waals surface area contributed by atoms with Gasteiger partial charge >= 0.3 is 0 Å². The molecule has 0 bridgehead atoms. The molecule has 0 saturated carbocycles. The first-order chi connectivity index (χ1) is 20.7. The predicted octanol–water partition coefficient (Wildman–Crippen LogP) is 10.1. The minimum absolute atomic E-state index is 1.02. The Labute approximate surface area is 253 Å². The van der Waals surface area contributed by atoms with Crippen molar-refractivity contribution in [3.8, 4) is 0 Å². The molecule has 202 valence electrons. The molecule has 5 heteroatoms. The summed E-state index contributed by atoms with van der Waals surface area (Å²) in [6.07, 6.45) is 8.62. The van der Waals surface area contributed by atoms with Crippen molar-refractivity contribution < 1.29 is 4.57 Å². The lowest BCUT2D eigenvalue weighted by atomic mass is 10.1. The van der Waals surface area contributed by atoms with E-state index >= 15 is 0 Å². The van der Waals surface area contributed by atoms with Crippen molar-refractivity contribution in [2.24, 2.45) is 7.05 Å². The molecule has 0 spiro atoms. The Balaban J connectivity index is 1.14. The SMILES string of the molecule is C[n+]1c(/C=C/c2ccc(N(c3ccccc3)c3ccc(/C=C/c4nc5ccccc5s4)cc3)cc2)sc2ccccc21. The summed E-state index contributed by atoms with van der Waals surface area (Å²) in [4.78, 5) is 7.01. The Bertz CT molecular complexity index is 2000. The molecule has 0 atom stereocenters. The monoisotopic (exact) mass is 578 g/mol. The van der Waals surface area contributed by atoms with E-state index in [1.54, 1.807) is 11.3 Å². The molecule has 2 aromatic heterocycles. The van der Waals surface area contributed by atoms with Crippen LogP contribution in [0.2, 0.25) is 0 Å². The number of para-hydroxylation sites is 3. The van der Waals surface area contributed by atoms with Gasteiger partial charge in [0.15, 0.2) is 0 Å². The summed E-state index contributed by atoms with van der Waals surface area (Å²) in [5, 5.41) is 2.24. The van der Waals surface area contributed by atoms with Crippen molar-refractivity contribution in [1.29, 1.82) is 0 Å². The van der Waals surface area contributed by atoms with Crippen molar-refractivity contribution in [3.05, 3.63) is 149 Å². The Morgan fingerprint density at radius 3 is 1.79 bits per heavy atom. The molecular weight excluding hydrogens is 551 g/mol. The Hall–Kier alpha value is -4.84. The third-order valence-electron chi connectivity index (χ3n) is 7.24. The summed E-state index contributed by atoms with van der Waals surface area (Å²) in [7, 11) is 2.13. The number of hydrogen-bond donors (Lipinski definition) is 0. The smallest absolute Gasteiger partial charge is 0.262 e. The average molecular weight is 579 g/mol. The summed E-state index contributed by atoms with van der Waals surface area (Å²) in [6.45, 7) is 0. The topological polar surface area (TPSA) is 20.0 Å². The lowest BCUT2D eigenvalue weighted by Gasteiger charge is -2.25. The summed E-state index contributed by atoms with van der Waals surface area (Å²) >= 11 is 3.52. The molecule has 0 fully saturated rings. The lowest BCUT2D eigenvalue weighted by molar-refractivity contribution is -0.642. The van der Waals surface area contributed by atoms with E-state index in [-0.39, 0.29) is 0 Å². The molecule has 0 unspecified atom stereocenters. The minimum Gasteiger partial charge on any atom is -0.311 e. The molecule has 0 amide bonds. The maximum atomic E-state index is 4.72. The van der Waals surface area contributed by atoms with Gasteiger partial charge < -0.3 is 4.90 Å². The van der Waals surface area contributed by atoms with Crippen LogP contribution in [0.25, 0.3) is 44.7 Å². The van der Waals surface area contributed by atoms with Crippen LogP contribution < -0.4 is 9.47 Å². The van der Waals surface area contributed by atoms with Crippen LogP contribution in [0.3, 0.4) is 0 Å². The van der Waals surface area contributed by atoms with Crippen LogP contribution >= 0.6 is 22.7 Å². The van der Waals surface area contributed by atoms with Crippen molar-refractivity contribution in [2.45, 2.75) is 0 Å². The number of hydrogen-bond acceptors (Lipinski definition) is 4. The average Bonchev–Trinajstić information content (AvgIpc) is 3.61. The van der Waals surface area contributed by atoms with Crippen LogP contribution in [0.5, 0.6) is 0 Å². The lowest BCUT2D eigenvalue weighted by Crippen LogP contribution is -2.28. The highest BCUT2D eigenvalue weighted by Crippen LogP contribution is 2.35. The zero-order valence-corrected chi connectivity index (χ0v) is 24.7. The largest absolute Gasteiger partial charge is 0.311 e. The van der Waals surface area contributed by atoms with E-state index in [2.05, 4.69) is 162 Å². The van der Waals surface area contributed by atoms with Crippen LogP contribution in [0.4, 0.5) is 17.1 Å². The van der Waals surface area contributed by atoms with Gasteiger partial charge in [-0.3, -0.25) is 0 Å². The zero-order chi connectivity index (χ0) is 28.3. The van der Waals surface area contributed by atoms with E-state index in [1.165, 1.54) is 25.5 Å². The number of aromatic nitrogens is 2. The standard InChI is InChI=1S/C37H28N3S2/c1-39-33-12-6-8-14-35(33)42-37(39)26-20-28-17-23-31(24-18-28)40(29-9-3-2-4-10-29)30-21-15-27(16-22-30)19-25-36-38-32-11-5-7-13-34(32)41-36/h2-26H,1H3/q+1/b25-19+. The van der Waals surface area contributed by atoms with E-state index in [0.717, 1.165) is 33.1 Å². The number of rotatable bonds is 7. The minimum atomic E-state index is 1.02. The van der Waals surface area contributed by atoms with Crippen LogP contribution in [0.15, 0.2) is 127 Å². The molecule has 0 aliphatic carbocycles. The van der Waals surface area contributed by atoms with Crippen molar-refractivity contribution in [1.82, 2.24) is 4.98 Å². The summed E-state index contributed by atoms with van der Waals surface area (Å²) in [6, 6.07) is 44.8. The van der Waals surface area contributed by atoms with Gasteiger partial charge in [-0.1, -0.05) is 84.1 Å². The van der Waals surface area contributed by atoms with Crippen LogP contribution in [0.1, 0.15) is 21.1 Å². The van der Waals surface area contributed by atoms with Gasteiger partial charge in [-0.05, 0) is 77.9 Å². The van der Waals surface area contributed by atoms with E-state index in [1.807, 2.05) is 17.4 Å². The number of anilines is 3. The molecule has 0 saturated heterocycles. The van der Waals surface area contributed by atoms with Gasteiger partial charge in [0, 0.05) is 29.2 Å². The molecule has 0 N–H and O–H groups in total. The van der Waals surface area contributed by atoms with Gasteiger partial charge in [0.05, 0.1) is 10.2 Å². The second kappa shape index (κ2) is 11.6. The third kappa shape index (κ3) is 5.40. The van der Waals surface area contributed by atoms with E-state index in [9.17, 15) is 0 Å². The van der Waals surface area contributed by atoms with Crippen molar-refractivity contribution in [2.75, 3.05) is 4.90 Å². The number of aryl methyl sites for hydroxylation is 1. The molecule has 0 aliphatic heterocycles. The molecule has 5 aromatic carbocycles. The molecule has 42 heavy (non-hydrogen) atoms. The molecule has 0 aliphatic rings. The molecule has 7 aromatic rings. The summed E-state index contributed by atoms with van der Waals surface area (Å²) in [5.74, 6) is 0. The molecule has 0 radical (unpaired) electrons. The second-order valence-corrected chi connectivity index (χ2v) is 12.1. The van der Waals surface area contributed by atoms with Crippen LogP contribution in [0, 0.1) is 0 Å². The fourth-order valence-electron chi connectivity index (χ4n) is 5.06. The number of fused-ring (bicyclic) bond motifs is 2. The fraction of sp³-hybridized carbons (Fsp3) is 0.0270. The first kappa shape index (κ1) is 26.1. The van der Waals surface area contributed by atoms with E-state index in [4.69, 9.17) is 4.98 Å². The normalized spacial score (nSPS) is 11.7. The summed E-state index contributed by atoms with van der Waals surface area (Å²) in [5.41, 5.74) is 7.96. The fourth-order valence-corrected chi connectivity index (χ4v) is 6.98. The number of thiazole rings is 2. The quantitative estimate of drug-likeness (QED) is 0.175. The molecule has 2 heterocycles. The van der Waals surface area contributed by atoms with Gasteiger partial charge in [-0.25, -0.2) is 4.98 Å². The van der Waals surface area contributed by atoms with Gasteiger partial charge in [0.2, 0.25) is 5.52 Å². The van der Waals surface area contributed by atoms with E-state index in [0.29, 0.717) is 0 Å². The maximum Gasteiger partial charge on any atom is 0.262 e. The van der Waals surface area contributed by atoms with Gasteiger partial charge in [-0.15, -0.1) is 11.3 Å². The number of benzene rings is 5. The second-order valence-electron chi connectivity index (χ2n) is 10.0. The first-order valence-electron chi connectivity index (χ1n) is 13.9. The van der Waals surface area contributed by atoms with Crippen molar-refractivity contribution >= 4 is 84.5 Å². The van der Waals surface area contributed by atoms with Gasteiger partial charge in [0.1, 0.15) is 16.8 Å². The highest BCUT2D eigenvalue weighted by atomic mass is 32.1. The maximum absolute atomic E-state index is 4.72. The number of nitrogens with zero attached hydrogens (tertiary/aromatic N) is 3. The highest BCUT2D eigenvalue weighted by molar-refractivity contribution is 7.19. The Morgan fingerprint density at radius 2 is 1.12 bits per heavy atom. The molecule has 3 nitrogen and oxygen atoms in total. The predicted molar refractivity (Wildman–Crippen MR) is 182 cm³/mol. The van der Waals surface area contributed by atoms with Crippen LogP contribution in [-0.2, 0) is 7.05 Å². The van der Waals surface area contributed by atoms with Gasteiger partial charge in [0.25, 0.3) is 5.01 Å². The van der Waals surface area contributed by atoms with Crippen molar-refractivity contribution in [3.63, 3.8) is 0 Å². The zero-order valence-electron chi connectivity index (χ0n) is 23.1. The first-order valence-corrected chi connectivity index (χ1v) is 15.5. The highest BCUT2D eigenvalue weighted by Gasteiger charge is 2.14. The summed E-state index contributed by atoms with van der Waals surface area (Å²) < 4.78 is 4.76.